The summed E-state index contributed by atoms with van der Waals surface area (Å²) in [6.45, 7) is 0.293. The number of alkyl halides is 1. The first-order valence-electron chi connectivity index (χ1n) is 4.62. The molecule has 0 aliphatic heterocycles. The molecule has 0 aliphatic carbocycles. The van der Waals surface area contributed by atoms with Gasteiger partial charge in [0.1, 0.15) is 5.82 Å². The lowest BCUT2D eigenvalue weighted by molar-refractivity contribution is 0.211. The minimum atomic E-state index is -0.639. The molecule has 1 atom stereocenters. The number of benzene rings is 1. The van der Waals surface area contributed by atoms with E-state index in [0.717, 1.165) is 5.69 Å². The number of hydrogen-bond donors (Lipinski definition) is 3. The van der Waals surface area contributed by atoms with Crippen LogP contribution in [0.2, 0.25) is 0 Å². The van der Waals surface area contributed by atoms with Gasteiger partial charge in [0, 0.05) is 13.6 Å². The van der Waals surface area contributed by atoms with E-state index in [1.807, 2.05) is 0 Å². The Hall–Kier alpha value is -1.00. The first kappa shape index (κ1) is 12.1. The van der Waals surface area contributed by atoms with Crippen LogP contribution in [0.4, 0.5) is 15.8 Å². The number of rotatable bonds is 5. The molecule has 0 radical (unpaired) electrons. The topological polar surface area (TPSA) is 44.3 Å². The van der Waals surface area contributed by atoms with Crippen LogP contribution in [0.1, 0.15) is 0 Å². The highest BCUT2D eigenvalue weighted by molar-refractivity contribution is 6.18. The number of hydrogen-bond acceptors (Lipinski definition) is 3. The smallest absolute Gasteiger partial charge is 0.125 e. The maximum Gasteiger partial charge on any atom is 0.125 e. The highest BCUT2D eigenvalue weighted by atomic mass is 35.5. The summed E-state index contributed by atoms with van der Waals surface area (Å²) >= 11 is 5.44. The van der Waals surface area contributed by atoms with Gasteiger partial charge in [0.15, 0.2) is 0 Å². The standard InChI is InChI=1S/C10H14ClFN2O/c1-13-9-3-2-7(12)4-10(9)14-6-8(15)5-11/h2-4,8,13-15H,5-6H2,1H3. The monoisotopic (exact) mass is 232 g/mol. The van der Waals surface area contributed by atoms with Crippen LogP contribution in [0.3, 0.4) is 0 Å². The van der Waals surface area contributed by atoms with Gasteiger partial charge in [0.05, 0.1) is 23.4 Å². The molecule has 0 heterocycles. The minimum absolute atomic E-state index is 0.150. The molecule has 3 nitrogen and oxygen atoms in total. The molecule has 0 aromatic heterocycles. The van der Waals surface area contributed by atoms with E-state index in [1.54, 1.807) is 13.1 Å². The molecule has 0 saturated heterocycles. The maximum atomic E-state index is 12.9. The Morgan fingerprint density at radius 2 is 2.20 bits per heavy atom. The molecule has 15 heavy (non-hydrogen) atoms. The fraction of sp³-hybridized carbons (Fsp3) is 0.400. The molecule has 5 heteroatoms. The third-order valence-corrected chi connectivity index (χ3v) is 2.31. The molecule has 1 rings (SSSR count). The Balaban J connectivity index is 2.69. The van der Waals surface area contributed by atoms with Crippen LogP contribution in [0, 0.1) is 5.82 Å². The molecule has 0 spiro atoms. The number of aliphatic hydroxyl groups is 1. The normalized spacial score (nSPS) is 12.3. The van der Waals surface area contributed by atoms with Gasteiger partial charge >= 0.3 is 0 Å². The van der Waals surface area contributed by atoms with Crippen molar-refractivity contribution in [2.24, 2.45) is 0 Å². The van der Waals surface area contributed by atoms with Crippen molar-refractivity contribution in [1.82, 2.24) is 0 Å². The second-order valence-corrected chi connectivity index (χ2v) is 3.44. The number of aliphatic hydroxyl groups excluding tert-OH is 1. The van der Waals surface area contributed by atoms with Gasteiger partial charge in [0.25, 0.3) is 0 Å². The van der Waals surface area contributed by atoms with E-state index in [9.17, 15) is 9.50 Å². The van der Waals surface area contributed by atoms with Gasteiger partial charge in [-0.2, -0.15) is 0 Å². The zero-order valence-corrected chi connectivity index (χ0v) is 9.18. The number of halogens is 2. The molecule has 0 bridgehead atoms. The van der Waals surface area contributed by atoms with Crippen molar-refractivity contribution in [2.45, 2.75) is 6.10 Å². The van der Waals surface area contributed by atoms with Crippen molar-refractivity contribution in [2.75, 3.05) is 30.1 Å². The first-order valence-corrected chi connectivity index (χ1v) is 5.16. The summed E-state index contributed by atoms with van der Waals surface area (Å²) in [5, 5.41) is 15.1. The van der Waals surface area contributed by atoms with E-state index in [-0.39, 0.29) is 11.7 Å². The lowest BCUT2D eigenvalue weighted by Crippen LogP contribution is -2.21. The van der Waals surface area contributed by atoms with Crippen LogP contribution in [0.5, 0.6) is 0 Å². The van der Waals surface area contributed by atoms with Crippen molar-refractivity contribution in [3.05, 3.63) is 24.0 Å². The molecule has 0 saturated carbocycles. The van der Waals surface area contributed by atoms with E-state index in [4.69, 9.17) is 11.6 Å². The van der Waals surface area contributed by atoms with Crippen LogP contribution in [-0.4, -0.2) is 30.7 Å². The molecule has 1 aromatic rings. The third-order valence-electron chi connectivity index (χ3n) is 1.96. The van der Waals surface area contributed by atoms with Crippen molar-refractivity contribution in [3.63, 3.8) is 0 Å². The van der Waals surface area contributed by atoms with Crippen molar-refractivity contribution < 1.29 is 9.50 Å². The Bertz CT molecular complexity index is 322. The van der Waals surface area contributed by atoms with Crippen LogP contribution in [0.25, 0.3) is 0 Å². The minimum Gasteiger partial charge on any atom is -0.390 e. The summed E-state index contributed by atoms with van der Waals surface area (Å²) < 4.78 is 12.9. The van der Waals surface area contributed by atoms with Crippen LogP contribution in [-0.2, 0) is 0 Å². The lowest BCUT2D eigenvalue weighted by Gasteiger charge is -2.13. The molecule has 0 fully saturated rings. The molecule has 0 aliphatic rings. The predicted molar refractivity (Wildman–Crippen MR) is 61.2 cm³/mol. The van der Waals surface area contributed by atoms with Crippen LogP contribution in [0.15, 0.2) is 18.2 Å². The van der Waals surface area contributed by atoms with Gasteiger partial charge < -0.3 is 15.7 Å². The van der Waals surface area contributed by atoms with Gasteiger partial charge in [-0.15, -0.1) is 11.6 Å². The van der Waals surface area contributed by atoms with E-state index in [0.29, 0.717) is 12.2 Å². The second-order valence-electron chi connectivity index (χ2n) is 3.13. The summed E-state index contributed by atoms with van der Waals surface area (Å²) in [6.07, 6.45) is -0.639. The number of anilines is 2. The van der Waals surface area contributed by atoms with Gasteiger partial charge in [-0.3, -0.25) is 0 Å². The summed E-state index contributed by atoms with van der Waals surface area (Å²) in [4.78, 5) is 0. The van der Waals surface area contributed by atoms with E-state index < -0.39 is 6.10 Å². The SMILES string of the molecule is CNc1ccc(F)cc1NCC(O)CCl. The van der Waals surface area contributed by atoms with Gasteiger partial charge in [0.2, 0.25) is 0 Å². The zero-order valence-electron chi connectivity index (χ0n) is 8.43. The van der Waals surface area contributed by atoms with Crippen LogP contribution < -0.4 is 10.6 Å². The number of nitrogens with one attached hydrogen (secondary N) is 2. The van der Waals surface area contributed by atoms with E-state index in [1.165, 1.54) is 12.1 Å². The van der Waals surface area contributed by atoms with Gasteiger partial charge in [-0.1, -0.05) is 0 Å². The lowest BCUT2D eigenvalue weighted by atomic mass is 10.2. The fourth-order valence-electron chi connectivity index (χ4n) is 1.16. The molecule has 1 unspecified atom stereocenters. The van der Waals surface area contributed by atoms with Gasteiger partial charge in [-0.25, -0.2) is 4.39 Å². The van der Waals surface area contributed by atoms with Crippen molar-refractivity contribution in [1.29, 1.82) is 0 Å². The molecular formula is C10H14ClFN2O. The molecule has 1 aromatic carbocycles. The fourth-order valence-corrected chi connectivity index (χ4v) is 1.27. The average Bonchev–Trinajstić information content (AvgIpc) is 2.26. The van der Waals surface area contributed by atoms with Gasteiger partial charge in [-0.05, 0) is 18.2 Å². The molecule has 84 valence electrons. The molecule has 3 N–H and O–H groups in total. The Labute approximate surface area is 93.3 Å². The highest BCUT2D eigenvalue weighted by Crippen LogP contribution is 2.21. The second kappa shape index (κ2) is 5.78. The summed E-state index contributed by atoms with van der Waals surface area (Å²) in [5.41, 5.74) is 1.39. The summed E-state index contributed by atoms with van der Waals surface area (Å²) in [6, 6.07) is 4.37. The maximum absolute atomic E-state index is 12.9. The van der Waals surface area contributed by atoms with Crippen LogP contribution >= 0.6 is 11.6 Å². The Morgan fingerprint density at radius 1 is 1.47 bits per heavy atom. The van der Waals surface area contributed by atoms with E-state index >= 15 is 0 Å². The summed E-state index contributed by atoms with van der Waals surface area (Å²) in [5.74, 6) is -0.172. The average molecular weight is 233 g/mol. The quantitative estimate of drug-likeness (QED) is 0.680. The largest absolute Gasteiger partial charge is 0.390 e. The predicted octanol–water partition coefficient (Wildman–Crippen LogP) is 1.88. The van der Waals surface area contributed by atoms with E-state index in [2.05, 4.69) is 10.6 Å². The molecule has 0 amide bonds. The Kier molecular flexibility index (Phi) is 4.65. The molecular weight excluding hydrogens is 219 g/mol. The summed E-state index contributed by atoms with van der Waals surface area (Å²) in [7, 11) is 1.75. The Morgan fingerprint density at radius 3 is 2.80 bits per heavy atom. The van der Waals surface area contributed by atoms with Crippen molar-refractivity contribution in [3.8, 4) is 0 Å². The highest BCUT2D eigenvalue weighted by Gasteiger charge is 2.05. The third kappa shape index (κ3) is 3.57. The van der Waals surface area contributed by atoms with Crippen molar-refractivity contribution >= 4 is 23.0 Å². The first-order chi connectivity index (χ1) is 7.17. The zero-order chi connectivity index (χ0) is 11.3.